The van der Waals surface area contributed by atoms with Gasteiger partial charge >= 0.3 is 0 Å². The molecule has 0 fully saturated rings. The highest BCUT2D eigenvalue weighted by atomic mass is 79.9. The molecule has 2 aromatic rings. The fourth-order valence-corrected chi connectivity index (χ4v) is 2.65. The smallest absolute Gasteiger partial charge is 0.150 e. The summed E-state index contributed by atoms with van der Waals surface area (Å²) in [5.74, 6) is -0.368. The number of benzene rings is 2. The zero-order valence-corrected chi connectivity index (χ0v) is 12.8. The van der Waals surface area contributed by atoms with Gasteiger partial charge in [0.2, 0.25) is 0 Å². The highest BCUT2D eigenvalue weighted by Crippen LogP contribution is 2.13. The molecule has 0 bridgehead atoms. The second-order valence-corrected chi connectivity index (χ2v) is 5.98. The van der Waals surface area contributed by atoms with Crippen molar-refractivity contribution in [2.75, 3.05) is 6.67 Å². The standard InChI is InChI=1S/C15H11BrClFN2/c16-12-3-1-10(2-4-12)7-20-8-11-5-13(17)6-14(18)15(11)19-9-20/h1-6,8H,7,9H2. The van der Waals surface area contributed by atoms with Crippen molar-refractivity contribution in [3.63, 3.8) is 0 Å². The summed E-state index contributed by atoms with van der Waals surface area (Å²) in [7, 11) is 0. The van der Waals surface area contributed by atoms with Crippen LogP contribution in [-0.4, -0.2) is 11.6 Å². The van der Waals surface area contributed by atoms with E-state index in [1.54, 1.807) is 6.07 Å². The van der Waals surface area contributed by atoms with Crippen LogP contribution in [0.25, 0.3) is 6.20 Å². The molecule has 0 amide bonds. The van der Waals surface area contributed by atoms with Crippen LogP contribution in [-0.2, 0) is 6.54 Å². The summed E-state index contributed by atoms with van der Waals surface area (Å²) in [5, 5.41) is 1.50. The van der Waals surface area contributed by atoms with E-state index in [2.05, 4.69) is 20.9 Å². The molecular formula is C15H11BrClFN2. The Kier molecular flexibility index (Phi) is 3.76. The van der Waals surface area contributed by atoms with Gasteiger partial charge in [0.05, 0.1) is 0 Å². The molecule has 3 rings (SSSR count). The fraction of sp³-hybridized carbons (Fsp3) is 0.133. The molecule has 0 saturated heterocycles. The summed E-state index contributed by atoms with van der Waals surface area (Å²) < 4.78 is 14.8. The van der Waals surface area contributed by atoms with Crippen molar-refractivity contribution < 1.29 is 4.39 Å². The minimum absolute atomic E-state index is 0.368. The zero-order valence-electron chi connectivity index (χ0n) is 10.5. The van der Waals surface area contributed by atoms with Gasteiger partial charge in [-0.3, -0.25) is 4.99 Å². The van der Waals surface area contributed by atoms with Gasteiger partial charge in [-0.1, -0.05) is 39.7 Å². The minimum Gasteiger partial charge on any atom is -0.353 e. The van der Waals surface area contributed by atoms with Crippen LogP contribution in [0.3, 0.4) is 0 Å². The van der Waals surface area contributed by atoms with E-state index in [4.69, 9.17) is 11.6 Å². The van der Waals surface area contributed by atoms with E-state index in [1.165, 1.54) is 11.6 Å². The number of fused-ring (bicyclic) bond motifs is 1. The van der Waals surface area contributed by atoms with Crippen molar-refractivity contribution in [3.05, 3.63) is 67.9 Å². The van der Waals surface area contributed by atoms with E-state index >= 15 is 0 Å². The number of halogens is 3. The normalized spacial score (nSPS) is 13.4. The van der Waals surface area contributed by atoms with Crippen LogP contribution in [0.5, 0.6) is 0 Å². The fourth-order valence-electron chi connectivity index (χ4n) is 2.17. The van der Waals surface area contributed by atoms with Crippen molar-refractivity contribution in [1.29, 1.82) is 0 Å². The third-order valence-electron chi connectivity index (χ3n) is 3.09. The molecule has 0 radical (unpaired) electrons. The van der Waals surface area contributed by atoms with E-state index in [9.17, 15) is 4.39 Å². The largest absolute Gasteiger partial charge is 0.353 e. The van der Waals surface area contributed by atoms with Crippen molar-refractivity contribution in [3.8, 4) is 0 Å². The monoisotopic (exact) mass is 352 g/mol. The molecule has 20 heavy (non-hydrogen) atoms. The van der Waals surface area contributed by atoms with Crippen LogP contribution >= 0.6 is 27.5 Å². The Bertz CT molecular complexity index is 759. The maximum atomic E-state index is 13.7. The van der Waals surface area contributed by atoms with Crippen LogP contribution < -0.4 is 10.6 Å². The Labute approximate surface area is 129 Å². The molecule has 0 aliphatic carbocycles. The second-order valence-electron chi connectivity index (χ2n) is 4.63. The van der Waals surface area contributed by atoms with Gasteiger partial charge in [0, 0.05) is 27.5 Å². The van der Waals surface area contributed by atoms with Gasteiger partial charge < -0.3 is 4.90 Å². The van der Waals surface area contributed by atoms with Gasteiger partial charge in [0.1, 0.15) is 12.0 Å². The summed E-state index contributed by atoms with van der Waals surface area (Å²) in [6.45, 7) is 1.17. The van der Waals surface area contributed by atoms with Crippen molar-refractivity contribution in [1.82, 2.24) is 4.90 Å². The molecule has 1 heterocycles. The third-order valence-corrected chi connectivity index (χ3v) is 3.84. The van der Waals surface area contributed by atoms with E-state index in [0.29, 0.717) is 17.0 Å². The lowest BCUT2D eigenvalue weighted by Crippen LogP contribution is -2.37. The first-order valence-electron chi connectivity index (χ1n) is 6.12. The quantitative estimate of drug-likeness (QED) is 0.810. The summed E-state index contributed by atoms with van der Waals surface area (Å²) in [5.41, 5.74) is 1.17. The minimum atomic E-state index is -0.368. The molecule has 0 saturated carbocycles. The Hall–Kier alpha value is -1.39. The average Bonchev–Trinajstić information content (AvgIpc) is 2.41. The van der Waals surface area contributed by atoms with Gasteiger partial charge in [-0.15, -0.1) is 0 Å². The molecular weight excluding hydrogens is 343 g/mol. The summed E-state index contributed by atoms with van der Waals surface area (Å²) in [6, 6.07) is 11.1. The molecule has 102 valence electrons. The molecule has 0 unspecified atom stereocenters. The van der Waals surface area contributed by atoms with Gasteiger partial charge in [0.15, 0.2) is 5.82 Å². The van der Waals surface area contributed by atoms with Gasteiger partial charge in [-0.25, -0.2) is 4.39 Å². The first-order valence-corrected chi connectivity index (χ1v) is 7.29. The predicted molar refractivity (Wildman–Crippen MR) is 81.2 cm³/mol. The molecule has 2 aromatic carbocycles. The molecule has 0 spiro atoms. The van der Waals surface area contributed by atoms with Crippen LogP contribution in [0.2, 0.25) is 5.02 Å². The Morgan fingerprint density at radius 1 is 1.25 bits per heavy atom. The van der Waals surface area contributed by atoms with Crippen LogP contribution in [0.1, 0.15) is 5.56 Å². The van der Waals surface area contributed by atoms with Crippen LogP contribution in [0, 0.1) is 5.82 Å². The summed E-state index contributed by atoms with van der Waals surface area (Å²) >= 11 is 9.29. The summed E-state index contributed by atoms with van der Waals surface area (Å²) in [6.07, 6.45) is 1.90. The van der Waals surface area contributed by atoms with Gasteiger partial charge in [-0.2, -0.15) is 0 Å². The van der Waals surface area contributed by atoms with Gasteiger partial charge in [0.25, 0.3) is 0 Å². The maximum Gasteiger partial charge on any atom is 0.150 e. The average molecular weight is 354 g/mol. The first-order chi connectivity index (χ1) is 9.61. The highest BCUT2D eigenvalue weighted by Gasteiger charge is 2.08. The van der Waals surface area contributed by atoms with Crippen molar-refractivity contribution in [2.45, 2.75) is 6.54 Å². The topological polar surface area (TPSA) is 15.6 Å². The third kappa shape index (κ3) is 2.86. The highest BCUT2D eigenvalue weighted by molar-refractivity contribution is 9.10. The second kappa shape index (κ2) is 5.54. The molecule has 0 atom stereocenters. The van der Waals surface area contributed by atoms with Crippen LogP contribution in [0.15, 0.2) is 45.9 Å². The lowest BCUT2D eigenvalue weighted by atomic mass is 10.2. The van der Waals surface area contributed by atoms with Crippen LogP contribution in [0.4, 0.5) is 4.39 Å². The molecule has 2 nitrogen and oxygen atoms in total. The zero-order chi connectivity index (χ0) is 14.1. The Morgan fingerprint density at radius 2 is 2.00 bits per heavy atom. The molecule has 5 heteroatoms. The molecule has 1 aliphatic rings. The van der Waals surface area contributed by atoms with Gasteiger partial charge in [-0.05, 0) is 29.8 Å². The lowest BCUT2D eigenvalue weighted by molar-refractivity contribution is 0.403. The van der Waals surface area contributed by atoms with Crippen molar-refractivity contribution >= 4 is 33.7 Å². The number of hydrogen-bond donors (Lipinski definition) is 0. The van der Waals surface area contributed by atoms with Crippen molar-refractivity contribution in [2.24, 2.45) is 4.99 Å². The molecule has 0 N–H and O–H groups in total. The SMILES string of the molecule is Fc1cc(Cl)cc2c1=NCN(Cc1ccc(Br)cc1)C=2. The molecule has 0 aromatic heterocycles. The number of nitrogens with zero attached hydrogens (tertiary/aromatic N) is 2. The number of hydrogen-bond acceptors (Lipinski definition) is 2. The summed E-state index contributed by atoms with van der Waals surface area (Å²) in [4.78, 5) is 6.31. The van der Waals surface area contributed by atoms with E-state index < -0.39 is 0 Å². The first kappa shape index (κ1) is 13.6. The lowest BCUT2D eigenvalue weighted by Gasteiger charge is -2.21. The molecule has 1 aliphatic heterocycles. The van der Waals surface area contributed by atoms with E-state index in [-0.39, 0.29) is 5.82 Å². The maximum absolute atomic E-state index is 13.7. The Morgan fingerprint density at radius 3 is 2.75 bits per heavy atom. The predicted octanol–water partition coefficient (Wildman–Crippen LogP) is 3.07. The van der Waals surface area contributed by atoms with E-state index in [0.717, 1.165) is 16.2 Å². The number of rotatable bonds is 2. The van der Waals surface area contributed by atoms with E-state index in [1.807, 2.05) is 35.4 Å². The Balaban J connectivity index is 1.91.